The molecule has 108 valence electrons. The summed E-state index contributed by atoms with van der Waals surface area (Å²) in [6.07, 6.45) is 3.50. The highest BCUT2D eigenvalue weighted by molar-refractivity contribution is 5.92. The number of allylic oxidation sites excluding steroid dienone is 1. The molecule has 5 nitrogen and oxygen atoms in total. The summed E-state index contributed by atoms with van der Waals surface area (Å²) in [4.78, 5) is 25.5. The second kappa shape index (κ2) is 7.94. The second-order valence-corrected chi connectivity index (χ2v) is 4.62. The molecular formula is C14H23NO4. The molecule has 1 rings (SSSR count). The second-order valence-electron chi connectivity index (χ2n) is 4.62. The van der Waals surface area contributed by atoms with E-state index < -0.39 is 12.0 Å². The van der Waals surface area contributed by atoms with E-state index in [2.05, 4.69) is 6.92 Å². The third-order valence-electron chi connectivity index (χ3n) is 2.98. The van der Waals surface area contributed by atoms with Crippen molar-refractivity contribution in [1.29, 1.82) is 0 Å². The maximum atomic E-state index is 12.2. The SMILES string of the molecule is CCC/C(C)=C/C(=O)N1CCOCC1C(=O)OCC. The zero-order valence-corrected chi connectivity index (χ0v) is 12.0. The quantitative estimate of drug-likeness (QED) is 0.561. The van der Waals surface area contributed by atoms with Crippen molar-refractivity contribution in [1.82, 2.24) is 4.90 Å². The number of hydrogen-bond acceptors (Lipinski definition) is 4. The van der Waals surface area contributed by atoms with E-state index in [0.717, 1.165) is 18.4 Å². The lowest BCUT2D eigenvalue weighted by Crippen LogP contribution is -2.52. The molecule has 0 aliphatic carbocycles. The molecule has 0 aromatic rings. The predicted molar refractivity (Wildman–Crippen MR) is 71.6 cm³/mol. The first-order chi connectivity index (χ1) is 9.10. The lowest BCUT2D eigenvalue weighted by molar-refractivity contribution is -0.160. The van der Waals surface area contributed by atoms with E-state index in [0.29, 0.717) is 19.8 Å². The van der Waals surface area contributed by atoms with Crippen molar-refractivity contribution in [3.63, 3.8) is 0 Å². The van der Waals surface area contributed by atoms with Crippen LogP contribution < -0.4 is 0 Å². The van der Waals surface area contributed by atoms with Gasteiger partial charge in [-0.15, -0.1) is 0 Å². The average Bonchev–Trinajstić information content (AvgIpc) is 2.39. The fourth-order valence-corrected chi connectivity index (χ4v) is 2.06. The van der Waals surface area contributed by atoms with Crippen LogP contribution in [0.15, 0.2) is 11.6 Å². The van der Waals surface area contributed by atoms with Crippen LogP contribution in [0.25, 0.3) is 0 Å². The number of ether oxygens (including phenoxy) is 2. The lowest BCUT2D eigenvalue weighted by Gasteiger charge is -2.33. The Morgan fingerprint density at radius 1 is 1.42 bits per heavy atom. The molecule has 1 unspecified atom stereocenters. The van der Waals surface area contributed by atoms with Crippen LogP contribution in [0.2, 0.25) is 0 Å². The van der Waals surface area contributed by atoms with Gasteiger partial charge in [-0.25, -0.2) is 4.79 Å². The van der Waals surface area contributed by atoms with Crippen LogP contribution in [0.3, 0.4) is 0 Å². The van der Waals surface area contributed by atoms with Crippen molar-refractivity contribution in [2.24, 2.45) is 0 Å². The molecule has 5 heteroatoms. The van der Waals surface area contributed by atoms with E-state index in [4.69, 9.17) is 9.47 Å². The van der Waals surface area contributed by atoms with Gasteiger partial charge in [-0.1, -0.05) is 18.9 Å². The molecule has 1 aliphatic rings. The molecule has 1 saturated heterocycles. The first-order valence-electron chi connectivity index (χ1n) is 6.82. The van der Waals surface area contributed by atoms with Crippen LogP contribution in [0.5, 0.6) is 0 Å². The average molecular weight is 269 g/mol. The van der Waals surface area contributed by atoms with Crippen LogP contribution in [-0.2, 0) is 19.1 Å². The monoisotopic (exact) mass is 269 g/mol. The Hall–Kier alpha value is -1.36. The summed E-state index contributed by atoms with van der Waals surface area (Å²) in [5.74, 6) is -0.524. The van der Waals surface area contributed by atoms with Crippen LogP contribution in [-0.4, -0.2) is 49.2 Å². The molecule has 1 atom stereocenters. The van der Waals surface area contributed by atoms with E-state index in [1.54, 1.807) is 17.9 Å². The first kappa shape index (κ1) is 15.7. The summed E-state index contributed by atoms with van der Waals surface area (Å²) in [5.41, 5.74) is 1.03. The molecule has 19 heavy (non-hydrogen) atoms. The molecule has 0 saturated carbocycles. The van der Waals surface area contributed by atoms with Gasteiger partial charge in [0.25, 0.3) is 0 Å². The van der Waals surface area contributed by atoms with Gasteiger partial charge in [0.1, 0.15) is 0 Å². The standard InChI is InChI=1S/C14H23NO4/c1-4-6-11(3)9-13(16)15-7-8-18-10-12(15)14(17)19-5-2/h9,12H,4-8,10H2,1-3H3/b11-9+. The summed E-state index contributed by atoms with van der Waals surface area (Å²) >= 11 is 0. The predicted octanol–water partition coefficient (Wildman–Crippen LogP) is 1.52. The Balaban J connectivity index is 2.73. The van der Waals surface area contributed by atoms with Gasteiger partial charge in [0.2, 0.25) is 5.91 Å². The topological polar surface area (TPSA) is 55.8 Å². The highest BCUT2D eigenvalue weighted by Gasteiger charge is 2.33. The van der Waals surface area contributed by atoms with Crippen LogP contribution in [0.4, 0.5) is 0 Å². The smallest absolute Gasteiger partial charge is 0.331 e. The summed E-state index contributed by atoms with van der Waals surface area (Å²) in [5, 5.41) is 0. The minimum atomic E-state index is -0.619. The number of rotatable bonds is 5. The Morgan fingerprint density at radius 3 is 2.79 bits per heavy atom. The fraction of sp³-hybridized carbons (Fsp3) is 0.714. The summed E-state index contributed by atoms with van der Waals surface area (Å²) < 4.78 is 10.2. The highest BCUT2D eigenvalue weighted by atomic mass is 16.5. The van der Waals surface area contributed by atoms with Crippen molar-refractivity contribution in [3.05, 3.63) is 11.6 Å². The van der Waals surface area contributed by atoms with E-state index in [1.165, 1.54) is 0 Å². The van der Waals surface area contributed by atoms with Gasteiger partial charge < -0.3 is 14.4 Å². The fourth-order valence-electron chi connectivity index (χ4n) is 2.06. The molecule has 0 aromatic heterocycles. The van der Waals surface area contributed by atoms with E-state index in [-0.39, 0.29) is 12.5 Å². The number of amides is 1. The Labute approximate surface area is 114 Å². The van der Waals surface area contributed by atoms with Crippen molar-refractivity contribution in [2.45, 2.75) is 39.7 Å². The number of carbonyl (C=O) groups is 2. The van der Waals surface area contributed by atoms with Crippen LogP contribution in [0.1, 0.15) is 33.6 Å². The largest absolute Gasteiger partial charge is 0.464 e. The molecule has 0 spiro atoms. The highest BCUT2D eigenvalue weighted by Crippen LogP contribution is 2.12. The van der Waals surface area contributed by atoms with Gasteiger partial charge in [-0.3, -0.25) is 4.79 Å². The van der Waals surface area contributed by atoms with Gasteiger partial charge in [-0.2, -0.15) is 0 Å². The van der Waals surface area contributed by atoms with Crippen molar-refractivity contribution in [3.8, 4) is 0 Å². The normalized spacial score (nSPS) is 20.3. The summed E-state index contributed by atoms with van der Waals surface area (Å²) in [6.45, 7) is 7.16. The number of esters is 1. The van der Waals surface area contributed by atoms with Crippen LogP contribution >= 0.6 is 0 Å². The molecule has 0 bridgehead atoms. The Bertz CT molecular complexity index is 351. The molecule has 0 N–H and O–H groups in total. The molecule has 0 aromatic carbocycles. The number of hydrogen-bond donors (Lipinski definition) is 0. The maximum absolute atomic E-state index is 12.2. The van der Waals surface area contributed by atoms with E-state index in [9.17, 15) is 9.59 Å². The number of nitrogens with zero attached hydrogens (tertiary/aromatic N) is 1. The van der Waals surface area contributed by atoms with Gasteiger partial charge in [0.05, 0.1) is 19.8 Å². The zero-order valence-electron chi connectivity index (χ0n) is 12.0. The third-order valence-corrected chi connectivity index (χ3v) is 2.98. The molecular weight excluding hydrogens is 246 g/mol. The van der Waals surface area contributed by atoms with Gasteiger partial charge in [0, 0.05) is 12.6 Å². The van der Waals surface area contributed by atoms with Crippen LogP contribution in [0, 0.1) is 0 Å². The van der Waals surface area contributed by atoms with Gasteiger partial charge in [0.15, 0.2) is 6.04 Å². The van der Waals surface area contributed by atoms with E-state index >= 15 is 0 Å². The summed E-state index contributed by atoms with van der Waals surface area (Å²) in [6, 6.07) is -0.619. The van der Waals surface area contributed by atoms with Gasteiger partial charge in [-0.05, 0) is 20.3 Å². The lowest BCUT2D eigenvalue weighted by atomic mass is 10.1. The van der Waals surface area contributed by atoms with E-state index in [1.807, 2.05) is 6.92 Å². The maximum Gasteiger partial charge on any atom is 0.331 e. The van der Waals surface area contributed by atoms with Gasteiger partial charge >= 0.3 is 5.97 Å². The number of carbonyl (C=O) groups excluding carboxylic acids is 2. The molecule has 1 amide bonds. The van der Waals surface area contributed by atoms with Crippen molar-refractivity contribution in [2.75, 3.05) is 26.4 Å². The first-order valence-corrected chi connectivity index (χ1v) is 6.82. The number of morpholine rings is 1. The summed E-state index contributed by atoms with van der Waals surface area (Å²) in [7, 11) is 0. The minimum Gasteiger partial charge on any atom is -0.464 e. The molecule has 1 aliphatic heterocycles. The Morgan fingerprint density at radius 2 is 2.16 bits per heavy atom. The molecule has 1 heterocycles. The Kier molecular flexibility index (Phi) is 6.56. The minimum absolute atomic E-state index is 0.132. The zero-order chi connectivity index (χ0) is 14.3. The third kappa shape index (κ3) is 4.67. The van der Waals surface area contributed by atoms with Crippen molar-refractivity contribution < 1.29 is 19.1 Å². The molecule has 0 radical (unpaired) electrons. The van der Waals surface area contributed by atoms with Crippen molar-refractivity contribution >= 4 is 11.9 Å². The molecule has 1 fully saturated rings.